The zero-order valence-electron chi connectivity index (χ0n) is 9.88. The molecule has 3 nitrogen and oxygen atoms in total. The molecule has 0 saturated heterocycles. The number of nitrogens with one attached hydrogen (secondary N) is 1. The molecule has 0 radical (unpaired) electrons. The van der Waals surface area contributed by atoms with E-state index in [9.17, 15) is 9.18 Å². The van der Waals surface area contributed by atoms with Crippen LogP contribution in [0.1, 0.15) is 15.9 Å². The first-order valence-corrected chi connectivity index (χ1v) is 6.53. The van der Waals surface area contributed by atoms with Crippen LogP contribution in [0, 0.1) is 12.7 Å². The fourth-order valence-electron chi connectivity index (χ4n) is 1.47. The summed E-state index contributed by atoms with van der Waals surface area (Å²) in [6.07, 6.45) is 1.59. The lowest BCUT2D eigenvalue weighted by atomic mass is 10.2. The van der Waals surface area contributed by atoms with E-state index < -0.39 is 11.7 Å². The number of hydrogen-bond donors (Lipinski definition) is 1. The predicted molar refractivity (Wildman–Crippen MR) is 76.0 cm³/mol. The number of pyridine rings is 1. The highest BCUT2D eigenvalue weighted by Gasteiger charge is 2.11. The number of hydrogen-bond acceptors (Lipinski definition) is 2. The largest absolute Gasteiger partial charge is 0.319 e. The van der Waals surface area contributed by atoms with Gasteiger partial charge in [-0.15, -0.1) is 0 Å². The van der Waals surface area contributed by atoms with Crippen LogP contribution in [0.3, 0.4) is 0 Å². The third-order valence-electron chi connectivity index (χ3n) is 2.41. The van der Waals surface area contributed by atoms with E-state index >= 15 is 0 Å². The number of carbonyl (C=O) groups is 1. The van der Waals surface area contributed by atoms with Crippen molar-refractivity contribution in [3.63, 3.8) is 0 Å². The summed E-state index contributed by atoms with van der Waals surface area (Å²) in [5.74, 6) is -0.943. The second-order valence-electron chi connectivity index (χ2n) is 3.93. The topological polar surface area (TPSA) is 42.0 Å². The quantitative estimate of drug-likeness (QED) is 0.831. The van der Waals surface area contributed by atoms with E-state index in [1.807, 2.05) is 6.92 Å². The van der Waals surface area contributed by atoms with Gasteiger partial charge >= 0.3 is 0 Å². The van der Waals surface area contributed by atoms with Gasteiger partial charge in [0, 0.05) is 11.8 Å². The highest BCUT2D eigenvalue weighted by atomic mass is 79.9. The van der Waals surface area contributed by atoms with E-state index in [1.165, 1.54) is 12.1 Å². The molecule has 0 aliphatic rings. The summed E-state index contributed by atoms with van der Waals surface area (Å²) in [6.45, 7) is 1.83. The van der Waals surface area contributed by atoms with Gasteiger partial charge in [0.1, 0.15) is 5.82 Å². The maximum atomic E-state index is 13.4. The summed E-state index contributed by atoms with van der Waals surface area (Å²) in [5, 5.41) is 2.79. The molecule has 0 spiro atoms. The second kappa shape index (κ2) is 5.67. The molecule has 1 aromatic carbocycles. The first-order chi connectivity index (χ1) is 8.97. The molecule has 6 heteroatoms. The highest BCUT2D eigenvalue weighted by molar-refractivity contribution is 9.10. The van der Waals surface area contributed by atoms with Crippen molar-refractivity contribution in [2.24, 2.45) is 0 Å². The molecular weight excluding hydrogens is 335 g/mol. The average molecular weight is 344 g/mol. The molecule has 0 unspecified atom stereocenters. The Hall–Kier alpha value is -1.46. The lowest BCUT2D eigenvalue weighted by molar-refractivity contribution is 0.102. The molecule has 0 aliphatic carbocycles. The number of carbonyl (C=O) groups excluding carboxylic acids is 1. The summed E-state index contributed by atoms with van der Waals surface area (Å²) in [5.41, 5.74) is 1.47. The number of benzene rings is 1. The van der Waals surface area contributed by atoms with Crippen molar-refractivity contribution < 1.29 is 9.18 Å². The van der Waals surface area contributed by atoms with Crippen molar-refractivity contribution >= 4 is 39.1 Å². The molecule has 1 N–H and O–H groups in total. The first-order valence-electron chi connectivity index (χ1n) is 5.36. The van der Waals surface area contributed by atoms with Crippen LogP contribution in [0.4, 0.5) is 10.1 Å². The number of rotatable bonds is 2. The Balaban J connectivity index is 2.25. The molecule has 2 aromatic rings. The normalized spacial score (nSPS) is 10.3. The van der Waals surface area contributed by atoms with E-state index in [0.717, 1.165) is 11.6 Å². The summed E-state index contributed by atoms with van der Waals surface area (Å²) in [7, 11) is 0. The van der Waals surface area contributed by atoms with Gasteiger partial charge in [-0.05, 0) is 52.7 Å². The summed E-state index contributed by atoms with van der Waals surface area (Å²) in [4.78, 5) is 15.9. The zero-order chi connectivity index (χ0) is 14.0. The highest BCUT2D eigenvalue weighted by Crippen LogP contribution is 2.22. The molecule has 0 bridgehead atoms. The monoisotopic (exact) mass is 342 g/mol. The Morgan fingerprint density at radius 2 is 2.16 bits per heavy atom. The minimum absolute atomic E-state index is 0.191. The number of halogens is 3. The van der Waals surface area contributed by atoms with Gasteiger partial charge in [0.05, 0.1) is 10.2 Å². The van der Waals surface area contributed by atoms with E-state index in [1.54, 1.807) is 12.3 Å². The Labute approximate surface area is 122 Å². The molecule has 0 saturated carbocycles. The van der Waals surface area contributed by atoms with Crippen LogP contribution >= 0.6 is 27.5 Å². The molecule has 2 rings (SSSR count). The van der Waals surface area contributed by atoms with Gasteiger partial charge in [-0.25, -0.2) is 9.37 Å². The molecule has 0 aliphatic heterocycles. The van der Waals surface area contributed by atoms with Crippen LogP contribution < -0.4 is 5.32 Å². The van der Waals surface area contributed by atoms with Crippen LogP contribution in [-0.4, -0.2) is 10.9 Å². The van der Waals surface area contributed by atoms with Gasteiger partial charge in [0.15, 0.2) is 5.15 Å². The lowest BCUT2D eigenvalue weighted by Gasteiger charge is -2.08. The van der Waals surface area contributed by atoms with Crippen LogP contribution in [0.2, 0.25) is 5.15 Å². The summed E-state index contributed by atoms with van der Waals surface area (Å²) >= 11 is 8.91. The Morgan fingerprint density at radius 1 is 1.42 bits per heavy atom. The SMILES string of the molecule is Cc1cnc(Cl)c(NC(=O)c2ccc(Br)c(F)c2)c1. The number of anilines is 1. The molecule has 0 fully saturated rings. The molecule has 19 heavy (non-hydrogen) atoms. The third-order valence-corrected chi connectivity index (χ3v) is 3.35. The predicted octanol–water partition coefficient (Wildman–Crippen LogP) is 4.20. The molecule has 98 valence electrons. The van der Waals surface area contributed by atoms with Gasteiger partial charge in [-0.1, -0.05) is 11.6 Å². The minimum Gasteiger partial charge on any atom is -0.319 e. The number of aromatic nitrogens is 1. The molecule has 0 atom stereocenters. The van der Waals surface area contributed by atoms with E-state index in [-0.39, 0.29) is 10.7 Å². The molecule has 1 heterocycles. The van der Waals surface area contributed by atoms with E-state index in [4.69, 9.17) is 11.6 Å². The summed E-state index contributed by atoms with van der Waals surface area (Å²) < 4.78 is 13.7. The van der Waals surface area contributed by atoms with Crippen molar-refractivity contribution in [1.29, 1.82) is 0 Å². The Kier molecular flexibility index (Phi) is 4.17. The van der Waals surface area contributed by atoms with Gasteiger partial charge in [0.2, 0.25) is 0 Å². The van der Waals surface area contributed by atoms with Gasteiger partial charge in [0.25, 0.3) is 5.91 Å². The van der Waals surface area contributed by atoms with Crippen LogP contribution in [-0.2, 0) is 0 Å². The molecule has 1 amide bonds. The van der Waals surface area contributed by atoms with Crippen molar-refractivity contribution in [3.05, 3.63) is 57.0 Å². The maximum absolute atomic E-state index is 13.4. The smallest absolute Gasteiger partial charge is 0.255 e. The number of nitrogens with zero attached hydrogens (tertiary/aromatic N) is 1. The van der Waals surface area contributed by atoms with Crippen LogP contribution in [0.15, 0.2) is 34.9 Å². The second-order valence-corrected chi connectivity index (χ2v) is 5.15. The van der Waals surface area contributed by atoms with Crippen LogP contribution in [0.25, 0.3) is 0 Å². The van der Waals surface area contributed by atoms with E-state index in [0.29, 0.717) is 10.2 Å². The Bertz CT molecular complexity index is 649. The zero-order valence-corrected chi connectivity index (χ0v) is 12.2. The van der Waals surface area contributed by atoms with Gasteiger partial charge in [-0.3, -0.25) is 4.79 Å². The third kappa shape index (κ3) is 3.30. The maximum Gasteiger partial charge on any atom is 0.255 e. The number of aryl methyl sites for hydroxylation is 1. The standard InChI is InChI=1S/C13H9BrClFN2O/c1-7-4-11(12(15)17-6-7)18-13(19)8-2-3-9(14)10(16)5-8/h2-6H,1H3,(H,18,19). The fraction of sp³-hybridized carbons (Fsp3) is 0.0769. The number of amides is 1. The fourth-order valence-corrected chi connectivity index (χ4v) is 1.87. The van der Waals surface area contributed by atoms with Crippen molar-refractivity contribution in [2.45, 2.75) is 6.92 Å². The van der Waals surface area contributed by atoms with Crippen molar-refractivity contribution in [3.8, 4) is 0 Å². The lowest BCUT2D eigenvalue weighted by Crippen LogP contribution is -2.13. The average Bonchev–Trinajstić information content (AvgIpc) is 2.37. The first kappa shape index (κ1) is 14.0. The van der Waals surface area contributed by atoms with Crippen molar-refractivity contribution in [1.82, 2.24) is 4.98 Å². The van der Waals surface area contributed by atoms with Gasteiger partial charge < -0.3 is 5.32 Å². The van der Waals surface area contributed by atoms with E-state index in [2.05, 4.69) is 26.2 Å². The van der Waals surface area contributed by atoms with Crippen LogP contribution in [0.5, 0.6) is 0 Å². The molecular formula is C13H9BrClFN2O. The van der Waals surface area contributed by atoms with Gasteiger partial charge in [-0.2, -0.15) is 0 Å². The summed E-state index contributed by atoms with van der Waals surface area (Å²) in [6, 6.07) is 5.83. The molecule has 1 aromatic heterocycles. The van der Waals surface area contributed by atoms with Crippen molar-refractivity contribution in [2.75, 3.05) is 5.32 Å². The Morgan fingerprint density at radius 3 is 2.84 bits per heavy atom. The minimum atomic E-state index is -0.499.